The maximum Gasteiger partial charge on any atom is 0.323 e. The standard InChI is InChI=1S/C11H16ClN3O3/c1-3-4-14(2)8-5-10(16)15(13-6-8)7-9(12)11(17)18/h5-6,9H,3-4,7H2,1-2H3,(H,17,18). The lowest BCUT2D eigenvalue weighted by Crippen LogP contribution is -2.31. The van der Waals surface area contributed by atoms with Gasteiger partial charge in [-0.05, 0) is 6.42 Å². The van der Waals surface area contributed by atoms with E-state index in [-0.39, 0.29) is 12.1 Å². The van der Waals surface area contributed by atoms with E-state index in [0.717, 1.165) is 17.6 Å². The quantitative estimate of drug-likeness (QED) is 0.775. The average Bonchev–Trinajstić information content (AvgIpc) is 2.31. The highest BCUT2D eigenvalue weighted by atomic mass is 35.5. The minimum absolute atomic E-state index is 0.145. The highest BCUT2D eigenvalue weighted by Gasteiger charge is 2.15. The van der Waals surface area contributed by atoms with Crippen LogP contribution in [0.2, 0.25) is 0 Å². The molecule has 0 saturated carbocycles. The van der Waals surface area contributed by atoms with Crippen LogP contribution in [-0.4, -0.2) is 39.8 Å². The van der Waals surface area contributed by atoms with Crippen molar-refractivity contribution in [1.82, 2.24) is 9.78 Å². The topological polar surface area (TPSA) is 75.4 Å². The molecule has 100 valence electrons. The van der Waals surface area contributed by atoms with Crippen LogP contribution in [0, 0.1) is 0 Å². The summed E-state index contributed by atoms with van der Waals surface area (Å²) in [5.41, 5.74) is 0.349. The Labute approximate surface area is 110 Å². The van der Waals surface area contributed by atoms with Gasteiger partial charge < -0.3 is 10.0 Å². The van der Waals surface area contributed by atoms with Gasteiger partial charge in [-0.25, -0.2) is 4.68 Å². The summed E-state index contributed by atoms with van der Waals surface area (Å²) in [6.45, 7) is 2.71. The van der Waals surface area contributed by atoms with Crippen LogP contribution in [0.5, 0.6) is 0 Å². The molecular formula is C11H16ClN3O3. The minimum Gasteiger partial charge on any atom is -0.480 e. The third-order valence-corrected chi connectivity index (χ3v) is 2.78. The van der Waals surface area contributed by atoms with Crippen LogP contribution >= 0.6 is 11.6 Å². The lowest BCUT2D eigenvalue weighted by atomic mass is 10.3. The number of carboxylic acid groups (broad SMARTS) is 1. The zero-order chi connectivity index (χ0) is 13.7. The van der Waals surface area contributed by atoms with Gasteiger partial charge in [-0.3, -0.25) is 9.59 Å². The maximum absolute atomic E-state index is 11.7. The van der Waals surface area contributed by atoms with Gasteiger partial charge in [-0.15, -0.1) is 11.6 Å². The highest BCUT2D eigenvalue weighted by molar-refractivity contribution is 6.29. The monoisotopic (exact) mass is 273 g/mol. The third-order valence-electron chi connectivity index (χ3n) is 2.46. The van der Waals surface area contributed by atoms with Crippen LogP contribution in [0.4, 0.5) is 5.69 Å². The number of carbonyl (C=O) groups is 1. The van der Waals surface area contributed by atoms with E-state index in [4.69, 9.17) is 16.7 Å². The molecule has 0 aliphatic rings. The van der Waals surface area contributed by atoms with Crippen LogP contribution in [0.3, 0.4) is 0 Å². The molecule has 1 atom stereocenters. The molecule has 6 nitrogen and oxygen atoms in total. The fourth-order valence-electron chi connectivity index (χ4n) is 1.46. The number of halogens is 1. The number of rotatable bonds is 6. The number of aromatic nitrogens is 2. The molecule has 0 spiro atoms. The van der Waals surface area contributed by atoms with Gasteiger partial charge in [0.15, 0.2) is 5.38 Å². The van der Waals surface area contributed by atoms with E-state index in [1.807, 2.05) is 18.9 Å². The first-order valence-corrected chi connectivity index (χ1v) is 6.04. The second kappa shape index (κ2) is 6.39. The predicted octanol–water partition coefficient (Wildman–Crippen LogP) is 0.782. The molecule has 0 aliphatic heterocycles. The fourth-order valence-corrected chi connectivity index (χ4v) is 1.60. The van der Waals surface area contributed by atoms with Crippen LogP contribution in [0.1, 0.15) is 13.3 Å². The predicted molar refractivity (Wildman–Crippen MR) is 69.3 cm³/mol. The first-order valence-electron chi connectivity index (χ1n) is 5.61. The second-order valence-corrected chi connectivity index (χ2v) is 4.49. The van der Waals surface area contributed by atoms with Crippen LogP contribution in [-0.2, 0) is 11.3 Å². The molecular weight excluding hydrogens is 258 g/mol. The van der Waals surface area contributed by atoms with E-state index in [1.165, 1.54) is 12.3 Å². The van der Waals surface area contributed by atoms with Crippen LogP contribution in [0.15, 0.2) is 17.1 Å². The van der Waals surface area contributed by atoms with Crippen molar-refractivity contribution in [2.75, 3.05) is 18.5 Å². The molecule has 0 saturated heterocycles. The number of alkyl halides is 1. The number of anilines is 1. The van der Waals surface area contributed by atoms with Crippen molar-refractivity contribution < 1.29 is 9.90 Å². The van der Waals surface area contributed by atoms with Gasteiger partial charge in [0.1, 0.15) is 0 Å². The van der Waals surface area contributed by atoms with Crippen molar-refractivity contribution in [3.05, 3.63) is 22.6 Å². The molecule has 1 heterocycles. The molecule has 1 aromatic rings. The second-order valence-electron chi connectivity index (χ2n) is 3.96. The Balaban J connectivity index is 2.86. The van der Waals surface area contributed by atoms with E-state index in [9.17, 15) is 9.59 Å². The van der Waals surface area contributed by atoms with Gasteiger partial charge in [0.05, 0.1) is 18.4 Å². The largest absolute Gasteiger partial charge is 0.480 e. The number of aliphatic carboxylic acids is 1. The van der Waals surface area contributed by atoms with Gasteiger partial charge in [0, 0.05) is 19.7 Å². The van der Waals surface area contributed by atoms with E-state index < -0.39 is 11.3 Å². The van der Waals surface area contributed by atoms with Crippen molar-refractivity contribution in [3.8, 4) is 0 Å². The van der Waals surface area contributed by atoms with Crippen molar-refractivity contribution in [3.63, 3.8) is 0 Å². The SMILES string of the molecule is CCCN(C)c1cnn(CC(Cl)C(=O)O)c(=O)c1. The third kappa shape index (κ3) is 3.73. The molecule has 18 heavy (non-hydrogen) atoms. The van der Waals surface area contributed by atoms with Crippen molar-refractivity contribution in [2.24, 2.45) is 0 Å². The average molecular weight is 274 g/mol. The van der Waals surface area contributed by atoms with E-state index >= 15 is 0 Å². The van der Waals surface area contributed by atoms with Crippen molar-refractivity contribution in [1.29, 1.82) is 0 Å². The molecule has 0 radical (unpaired) electrons. The molecule has 7 heteroatoms. The first-order chi connectivity index (χ1) is 8.45. The summed E-state index contributed by atoms with van der Waals surface area (Å²) in [5, 5.41) is 11.4. The van der Waals surface area contributed by atoms with Gasteiger partial charge in [0.25, 0.3) is 5.56 Å². The summed E-state index contributed by atoms with van der Waals surface area (Å²) in [4.78, 5) is 24.2. The molecule has 1 N–H and O–H groups in total. The number of carboxylic acids is 1. The summed E-state index contributed by atoms with van der Waals surface area (Å²) in [6, 6.07) is 1.42. The Kier molecular flexibility index (Phi) is 5.15. The van der Waals surface area contributed by atoms with Gasteiger partial charge in [0.2, 0.25) is 0 Å². The molecule has 0 bridgehead atoms. The molecule has 1 unspecified atom stereocenters. The smallest absolute Gasteiger partial charge is 0.323 e. The Morgan fingerprint density at radius 2 is 2.33 bits per heavy atom. The van der Waals surface area contributed by atoms with Gasteiger partial charge in [-0.1, -0.05) is 6.92 Å². The molecule has 0 fully saturated rings. The van der Waals surface area contributed by atoms with E-state index in [2.05, 4.69) is 5.10 Å². The van der Waals surface area contributed by atoms with E-state index in [0.29, 0.717) is 5.69 Å². The maximum atomic E-state index is 11.7. The Morgan fingerprint density at radius 1 is 1.67 bits per heavy atom. The van der Waals surface area contributed by atoms with Gasteiger partial charge >= 0.3 is 5.97 Å². The summed E-state index contributed by atoms with van der Waals surface area (Å²) in [6.07, 6.45) is 2.49. The summed E-state index contributed by atoms with van der Waals surface area (Å²) < 4.78 is 1.05. The summed E-state index contributed by atoms with van der Waals surface area (Å²) in [7, 11) is 1.87. The lowest BCUT2D eigenvalue weighted by Gasteiger charge is -2.18. The lowest BCUT2D eigenvalue weighted by molar-refractivity contribution is -0.136. The normalized spacial score (nSPS) is 12.2. The Morgan fingerprint density at radius 3 is 2.83 bits per heavy atom. The Bertz CT molecular complexity index is 475. The summed E-state index contributed by atoms with van der Waals surface area (Å²) in [5.74, 6) is -1.17. The van der Waals surface area contributed by atoms with Crippen LogP contribution in [0.25, 0.3) is 0 Å². The molecule has 1 aromatic heterocycles. The molecule has 0 aliphatic carbocycles. The summed E-state index contributed by atoms with van der Waals surface area (Å²) >= 11 is 5.56. The first kappa shape index (κ1) is 14.5. The van der Waals surface area contributed by atoms with Gasteiger partial charge in [-0.2, -0.15) is 5.10 Å². The number of hydrogen-bond acceptors (Lipinski definition) is 4. The number of hydrogen-bond donors (Lipinski definition) is 1. The van der Waals surface area contributed by atoms with Crippen LogP contribution < -0.4 is 10.5 Å². The molecule has 1 rings (SSSR count). The van der Waals surface area contributed by atoms with E-state index in [1.54, 1.807) is 0 Å². The Hall–Kier alpha value is -1.56. The zero-order valence-electron chi connectivity index (χ0n) is 10.3. The minimum atomic E-state index is -1.17. The van der Waals surface area contributed by atoms with Crippen molar-refractivity contribution in [2.45, 2.75) is 25.3 Å². The molecule has 0 amide bonds. The highest BCUT2D eigenvalue weighted by Crippen LogP contribution is 2.07. The fraction of sp³-hybridized carbons (Fsp3) is 0.545. The number of nitrogens with zero attached hydrogens (tertiary/aromatic N) is 3. The van der Waals surface area contributed by atoms with Crippen molar-refractivity contribution >= 4 is 23.3 Å². The zero-order valence-corrected chi connectivity index (χ0v) is 11.1. The molecule has 0 aromatic carbocycles.